The van der Waals surface area contributed by atoms with E-state index in [-0.39, 0.29) is 16.5 Å². The number of thiocarbonyl (C=S) groups is 1. The van der Waals surface area contributed by atoms with Crippen molar-refractivity contribution in [3.8, 4) is 0 Å². The molecular formula is C18H17F4N3OS. The van der Waals surface area contributed by atoms with E-state index < -0.39 is 17.6 Å². The number of morpholine rings is 1. The van der Waals surface area contributed by atoms with Gasteiger partial charge in [-0.3, -0.25) is 0 Å². The molecule has 0 aromatic heterocycles. The Hall–Kier alpha value is -2.39. The third kappa shape index (κ3) is 4.86. The molecule has 0 atom stereocenters. The summed E-state index contributed by atoms with van der Waals surface area (Å²) in [6.45, 7) is 2.07. The van der Waals surface area contributed by atoms with Crippen LogP contribution in [0.3, 0.4) is 0 Å². The minimum absolute atomic E-state index is 0.00562. The summed E-state index contributed by atoms with van der Waals surface area (Å²) in [5, 5.41) is 5.43. The predicted molar refractivity (Wildman–Crippen MR) is 101 cm³/mol. The molecule has 0 unspecified atom stereocenters. The number of benzene rings is 2. The average Bonchev–Trinajstić information content (AvgIpc) is 2.63. The molecule has 144 valence electrons. The Labute approximate surface area is 159 Å². The molecule has 0 amide bonds. The van der Waals surface area contributed by atoms with Crippen LogP contribution in [0.1, 0.15) is 5.56 Å². The number of nitrogens with zero attached hydrogens (tertiary/aromatic N) is 1. The van der Waals surface area contributed by atoms with Gasteiger partial charge in [-0.2, -0.15) is 13.2 Å². The van der Waals surface area contributed by atoms with Crippen molar-refractivity contribution < 1.29 is 22.3 Å². The highest BCUT2D eigenvalue weighted by molar-refractivity contribution is 7.80. The van der Waals surface area contributed by atoms with Gasteiger partial charge in [0.2, 0.25) is 0 Å². The van der Waals surface area contributed by atoms with E-state index >= 15 is 0 Å². The molecule has 2 N–H and O–H groups in total. The maximum Gasteiger partial charge on any atom is 0.416 e. The van der Waals surface area contributed by atoms with Crippen molar-refractivity contribution in [2.75, 3.05) is 41.8 Å². The Morgan fingerprint density at radius 2 is 1.67 bits per heavy atom. The van der Waals surface area contributed by atoms with Crippen molar-refractivity contribution in [2.24, 2.45) is 0 Å². The molecule has 2 aromatic carbocycles. The van der Waals surface area contributed by atoms with E-state index in [9.17, 15) is 17.6 Å². The summed E-state index contributed by atoms with van der Waals surface area (Å²) >= 11 is 5.16. The Balaban J connectivity index is 1.86. The highest BCUT2D eigenvalue weighted by atomic mass is 32.1. The van der Waals surface area contributed by atoms with Gasteiger partial charge in [0.05, 0.1) is 35.8 Å². The molecule has 0 bridgehead atoms. The minimum atomic E-state index is -4.49. The summed E-state index contributed by atoms with van der Waals surface area (Å²) in [4.78, 5) is 1.91. The number of halogens is 4. The van der Waals surface area contributed by atoms with Gasteiger partial charge in [-0.1, -0.05) is 12.1 Å². The van der Waals surface area contributed by atoms with Crippen LogP contribution in [0.15, 0.2) is 42.5 Å². The predicted octanol–water partition coefficient (Wildman–Crippen LogP) is 4.49. The summed E-state index contributed by atoms with van der Waals surface area (Å²) < 4.78 is 58.4. The standard InChI is InChI=1S/C18H17F4N3OS/c19-13-3-1-2-4-14(13)23-17(27)24-15-11-12(18(20,21)22)5-6-16(15)25-7-9-26-10-8-25/h1-6,11H,7-10H2,(H2,23,24,27). The maximum atomic E-state index is 13.8. The first-order valence-corrected chi connectivity index (χ1v) is 8.62. The Kier molecular flexibility index (Phi) is 5.81. The third-order valence-corrected chi connectivity index (χ3v) is 4.25. The van der Waals surface area contributed by atoms with E-state index in [1.54, 1.807) is 6.07 Å². The van der Waals surface area contributed by atoms with Gasteiger partial charge in [0.1, 0.15) is 5.82 Å². The van der Waals surface area contributed by atoms with Crippen LogP contribution in [0, 0.1) is 5.82 Å². The van der Waals surface area contributed by atoms with Crippen molar-refractivity contribution in [3.63, 3.8) is 0 Å². The highest BCUT2D eigenvalue weighted by Crippen LogP contribution is 2.35. The summed E-state index contributed by atoms with van der Waals surface area (Å²) in [6.07, 6.45) is -4.49. The number of nitrogens with one attached hydrogen (secondary N) is 2. The van der Waals surface area contributed by atoms with Gasteiger partial charge in [-0.25, -0.2) is 4.39 Å². The normalized spacial score (nSPS) is 14.7. The van der Waals surface area contributed by atoms with Crippen LogP contribution < -0.4 is 15.5 Å². The fraction of sp³-hybridized carbons (Fsp3) is 0.278. The molecule has 1 fully saturated rings. The SMILES string of the molecule is Fc1ccccc1NC(=S)Nc1cc(C(F)(F)F)ccc1N1CCOCC1. The van der Waals surface area contributed by atoms with Crippen LogP contribution in [0.25, 0.3) is 0 Å². The van der Waals surface area contributed by atoms with Gasteiger partial charge < -0.3 is 20.3 Å². The monoisotopic (exact) mass is 399 g/mol. The van der Waals surface area contributed by atoms with E-state index in [1.807, 2.05) is 4.90 Å². The lowest BCUT2D eigenvalue weighted by Crippen LogP contribution is -2.37. The number of hydrogen-bond donors (Lipinski definition) is 2. The number of hydrogen-bond acceptors (Lipinski definition) is 3. The lowest BCUT2D eigenvalue weighted by Gasteiger charge is -2.31. The first-order valence-electron chi connectivity index (χ1n) is 8.21. The molecule has 0 saturated carbocycles. The van der Waals surface area contributed by atoms with Crippen LogP contribution >= 0.6 is 12.2 Å². The average molecular weight is 399 g/mol. The van der Waals surface area contributed by atoms with Crippen molar-refractivity contribution in [2.45, 2.75) is 6.18 Å². The van der Waals surface area contributed by atoms with Gasteiger partial charge in [-0.15, -0.1) is 0 Å². The number of para-hydroxylation sites is 1. The van der Waals surface area contributed by atoms with Crippen molar-refractivity contribution in [1.29, 1.82) is 0 Å². The van der Waals surface area contributed by atoms with Crippen LogP contribution in [-0.4, -0.2) is 31.4 Å². The molecule has 0 radical (unpaired) electrons. The molecular weight excluding hydrogens is 382 g/mol. The zero-order chi connectivity index (χ0) is 19.4. The van der Waals surface area contributed by atoms with E-state index in [2.05, 4.69) is 10.6 Å². The first-order chi connectivity index (χ1) is 12.8. The molecule has 1 aliphatic heterocycles. The molecule has 9 heteroatoms. The van der Waals surface area contributed by atoms with Crippen molar-refractivity contribution >= 4 is 34.4 Å². The molecule has 1 heterocycles. The number of alkyl halides is 3. The Morgan fingerprint density at radius 3 is 2.33 bits per heavy atom. The molecule has 0 spiro atoms. The Morgan fingerprint density at radius 1 is 1.00 bits per heavy atom. The highest BCUT2D eigenvalue weighted by Gasteiger charge is 2.31. The van der Waals surface area contributed by atoms with Gasteiger partial charge in [-0.05, 0) is 42.5 Å². The molecule has 0 aliphatic carbocycles. The smallest absolute Gasteiger partial charge is 0.378 e. The second-order valence-corrected chi connectivity index (χ2v) is 6.30. The molecule has 1 aliphatic rings. The van der Waals surface area contributed by atoms with Crippen LogP contribution in [0.2, 0.25) is 0 Å². The molecule has 4 nitrogen and oxygen atoms in total. The van der Waals surface area contributed by atoms with E-state index in [0.717, 1.165) is 12.1 Å². The lowest BCUT2D eigenvalue weighted by molar-refractivity contribution is -0.137. The summed E-state index contributed by atoms with van der Waals surface area (Å²) in [6, 6.07) is 9.33. The van der Waals surface area contributed by atoms with Crippen LogP contribution in [0.5, 0.6) is 0 Å². The first kappa shape index (κ1) is 19.4. The van der Waals surface area contributed by atoms with Gasteiger partial charge in [0.25, 0.3) is 0 Å². The minimum Gasteiger partial charge on any atom is -0.378 e. The number of anilines is 3. The molecule has 27 heavy (non-hydrogen) atoms. The molecule has 3 rings (SSSR count). The summed E-state index contributed by atoms with van der Waals surface area (Å²) in [5.74, 6) is -0.515. The largest absolute Gasteiger partial charge is 0.416 e. The van der Waals surface area contributed by atoms with Crippen LogP contribution in [0.4, 0.5) is 34.6 Å². The van der Waals surface area contributed by atoms with Gasteiger partial charge in [0, 0.05) is 13.1 Å². The lowest BCUT2D eigenvalue weighted by atomic mass is 10.1. The summed E-state index contributed by atoms with van der Waals surface area (Å²) in [5.41, 5.74) is 0.107. The molecule has 2 aromatic rings. The van der Waals surface area contributed by atoms with Gasteiger partial charge in [0.15, 0.2) is 5.11 Å². The fourth-order valence-corrected chi connectivity index (χ4v) is 2.95. The Bertz CT molecular complexity index is 822. The zero-order valence-corrected chi connectivity index (χ0v) is 15.0. The number of ether oxygens (including phenoxy) is 1. The van der Waals surface area contributed by atoms with E-state index in [1.165, 1.54) is 24.3 Å². The van der Waals surface area contributed by atoms with E-state index in [0.29, 0.717) is 32.0 Å². The quantitative estimate of drug-likeness (QED) is 0.588. The van der Waals surface area contributed by atoms with E-state index in [4.69, 9.17) is 17.0 Å². The third-order valence-electron chi connectivity index (χ3n) is 4.05. The van der Waals surface area contributed by atoms with Crippen molar-refractivity contribution in [3.05, 3.63) is 53.8 Å². The maximum absolute atomic E-state index is 13.8. The topological polar surface area (TPSA) is 36.5 Å². The summed E-state index contributed by atoms with van der Waals surface area (Å²) in [7, 11) is 0. The zero-order valence-electron chi connectivity index (χ0n) is 14.1. The second kappa shape index (κ2) is 8.10. The second-order valence-electron chi connectivity index (χ2n) is 5.89. The fourth-order valence-electron chi connectivity index (χ4n) is 2.73. The number of rotatable bonds is 3. The van der Waals surface area contributed by atoms with Crippen molar-refractivity contribution in [1.82, 2.24) is 0 Å². The molecule has 1 saturated heterocycles. The van der Waals surface area contributed by atoms with Crippen LogP contribution in [-0.2, 0) is 10.9 Å². The van der Waals surface area contributed by atoms with Gasteiger partial charge >= 0.3 is 6.18 Å².